The minimum Gasteiger partial charge on any atom is -0.480 e. The second-order valence-corrected chi connectivity index (χ2v) is 4.52. The molecule has 1 heterocycles. The summed E-state index contributed by atoms with van der Waals surface area (Å²) in [5.74, 6) is -0.997. The SMILES string of the molecule is CC[C@@H](NC(=O)NC1CCCN(C)C1)C(=O)O. The van der Waals surface area contributed by atoms with Crippen molar-refractivity contribution in [1.29, 1.82) is 0 Å². The molecule has 1 aliphatic rings. The fourth-order valence-corrected chi connectivity index (χ4v) is 2.01. The molecule has 0 aromatic heterocycles. The van der Waals surface area contributed by atoms with Crippen molar-refractivity contribution in [1.82, 2.24) is 15.5 Å². The summed E-state index contributed by atoms with van der Waals surface area (Å²) in [5, 5.41) is 14.1. The largest absolute Gasteiger partial charge is 0.480 e. The maximum atomic E-state index is 11.6. The van der Waals surface area contributed by atoms with Crippen molar-refractivity contribution in [3.05, 3.63) is 0 Å². The Kier molecular flexibility index (Phi) is 5.21. The van der Waals surface area contributed by atoms with Crippen LogP contribution in [0.1, 0.15) is 26.2 Å². The van der Waals surface area contributed by atoms with E-state index in [1.54, 1.807) is 6.92 Å². The van der Waals surface area contributed by atoms with Gasteiger partial charge >= 0.3 is 12.0 Å². The number of aliphatic carboxylic acids is 1. The van der Waals surface area contributed by atoms with Crippen LogP contribution in [0.2, 0.25) is 0 Å². The molecule has 1 fully saturated rings. The molecule has 2 amide bonds. The molecule has 1 unspecified atom stereocenters. The second kappa shape index (κ2) is 6.44. The van der Waals surface area contributed by atoms with Gasteiger partial charge in [0.15, 0.2) is 0 Å². The lowest BCUT2D eigenvalue weighted by atomic mass is 10.1. The molecule has 0 aromatic rings. The summed E-state index contributed by atoms with van der Waals surface area (Å²) in [6.07, 6.45) is 2.38. The second-order valence-electron chi connectivity index (χ2n) is 4.52. The molecule has 0 radical (unpaired) electrons. The summed E-state index contributed by atoms with van der Waals surface area (Å²) in [6.45, 7) is 3.59. The Morgan fingerprint density at radius 2 is 2.24 bits per heavy atom. The predicted octanol–water partition coefficient (Wildman–Crippen LogP) is 0.243. The number of urea groups is 1. The van der Waals surface area contributed by atoms with Gasteiger partial charge in [-0.25, -0.2) is 9.59 Å². The van der Waals surface area contributed by atoms with Crippen LogP contribution in [-0.4, -0.2) is 54.2 Å². The number of likely N-dealkylation sites (N-methyl/N-ethyl adjacent to an activating group) is 1. The number of carbonyl (C=O) groups is 2. The molecule has 17 heavy (non-hydrogen) atoms. The van der Waals surface area contributed by atoms with Gasteiger partial charge in [0.1, 0.15) is 6.04 Å². The lowest BCUT2D eigenvalue weighted by Crippen LogP contribution is -2.52. The lowest BCUT2D eigenvalue weighted by molar-refractivity contribution is -0.139. The van der Waals surface area contributed by atoms with E-state index in [1.165, 1.54) is 0 Å². The monoisotopic (exact) mass is 243 g/mol. The number of nitrogens with zero attached hydrogens (tertiary/aromatic N) is 1. The number of hydrogen-bond acceptors (Lipinski definition) is 3. The van der Waals surface area contributed by atoms with E-state index >= 15 is 0 Å². The molecular formula is C11H21N3O3. The number of hydrogen-bond donors (Lipinski definition) is 3. The first kappa shape index (κ1) is 13.8. The molecule has 0 saturated carbocycles. The molecule has 0 spiro atoms. The molecule has 1 aliphatic heterocycles. The molecule has 0 bridgehead atoms. The fourth-order valence-electron chi connectivity index (χ4n) is 2.01. The van der Waals surface area contributed by atoms with E-state index in [2.05, 4.69) is 15.5 Å². The van der Waals surface area contributed by atoms with Crippen molar-refractivity contribution >= 4 is 12.0 Å². The molecule has 0 aliphatic carbocycles. The first-order valence-electron chi connectivity index (χ1n) is 6.01. The summed E-state index contributed by atoms with van der Waals surface area (Å²) in [6, 6.07) is -1.09. The summed E-state index contributed by atoms with van der Waals surface area (Å²) in [4.78, 5) is 24.5. The first-order valence-corrected chi connectivity index (χ1v) is 6.01. The van der Waals surface area contributed by atoms with Crippen LogP contribution < -0.4 is 10.6 Å². The normalized spacial score (nSPS) is 22.8. The molecule has 0 aromatic carbocycles. The van der Waals surface area contributed by atoms with E-state index in [0.29, 0.717) is 6.42 Å². The number of likely N-dealkylation sites (tertiary alicyclic amines) is 1. The minimum absolute atomic E-state index is 0.111. The van der Waals surface area contributed by atoms with Crippen LogP contribution in [0.5, 0.6) is 0 Å². The Morgan fingerprint density at radius 3 is 2.76 bits per heavy atom. The van der Waals surface area contributed by atoms with E-state index in [1.807, 2.05) is 7.05 Å². The molecule has 1 rings (SSSR count). The van der Waals surface area contributed by atoms with Gasteiger partial charge in [-0.15, -0.1) is 0 Å². The van der Waals surface area contributed by atoms with Crippen molar-refractivity contribution in [2.24, 2.45) is 0 Å². The Bertz CT molecular complexity index is 283. The maximum Gasteiger partial charge on any atom is 0.326 e. The van der Waals surface area contributed by atoms with E-state index in [9.17, 15) is 9.59 Å². The van der Waals surface area contributed by atoms with Crippen molar-refractivity contribution < 1.29 is 14.7 Å². The van der Waals surface area contributed by atoms with Crippen molar-refractivity contribution in [3.8, 4) is 0 Å². The lowest BCUT2D eigenvalue weighted by Gasteiger charge is -2.30. The van der Waals surface area contributed by atoms with Gasteiger partial charge in [-0.05, 0) is 32.9 Å². The molecule has 6 nitrogen and oxygen atoms in total. The Morgan fingerprint density at radius 1 is 1.53 bits per heavy atom. The summed E-state index contributed by atoms with van der Waals surface area (Å²) in [5.41, 5.74) is 0. The number of piperidine rings is 1. The third kappa shape index (κ3) is 4.60. The zero-order valence-corrected chi connectivity index (χ0v) is 10.4. The molecule has 6 heteroatoms. The highest BCUT2D eigenvalue weighted by atomic mass is 16.4. The minimum atomic E-state index is -0.997. The Hall–Kier alpha value is -1.30. The van der Waals surface area contributed by atoms with Gasteiger partial charge in [0.2, 0.25) is 0 Å². The standard InChI is InChI=1S/C11H21N3O3/c1-3-9(10(15)16)13-11(17)12-8-5-4-6-14(2)7-8/h8-9H,3-7H2,1-2H3,(H,15,16)(H2,12,13,17)/t8?,9-/m1/s1. The van der Waals surface area contributed by atoms with Gasteiger partial charge in [-0.2, -0.15) is 0 Å². The zero-order chi connectivity index (χ0) is 12.8. The van der Waals surface area contributed by atoms with Crippen LogP contribution in [0.4, 0.5) is 4.79 Å². The highest BCUT2D eigenvalue weighted by molar-refractivity contribution is 5.82. The average molecular weight is 243 g/mol. The van der Waals surface area contributed by atoms with Crippen LogP contribution in [0.25, 0.3) is 0 Å². The molecule has 2 atom stereocenters. The van der Waals surface area contributed by atoms with Crippen LogP contribution in [0.15, 0.2) is 0 Å². The van der Waals surface area contributed by atoms with Crippen molar-refractivity contribution in [2.75, 3.05) is 20.1 Å². The number of carboxylic acids is 1. The number of carboxylic acid groups (broad SMARTS) is 1. The molecule has 98 valence electrons. The van der Waals surface area contributed by atoms with Gasteiger partial charge in [-0.3, -0.25) is 0 Å². The van der Waals surface area contributed by atoms with Crippen molar-refractivity contribution in [3.63, 3.8) is 0 Å². The molecule has 1 saturated heterocycles. The van der Waals surface area contributed by atoms with Crippen LogP contribution in [-0.2, 0) is 4.79 Å². The first-order chi connectivity index (χ1) is 8.02. The van der Waals surface area contributed by atoms with E-state index in [-0.39, 0.29) is 12.1 Å². The summed E-state index contributed by atoms with van der Waals surface area (Å²) >= 11 is 0. The van der Waals surface area contributed by atoms with E-state index in [4.69, 9.17) is 5.11 Å². The van der Waals surface area contributed by atoms with E-state index in [0.717, 1.165) is 25.9 Å². The van der Waals surface area contributed by atoms with Gasteiger partial charge in [-0.1, -0.05) is 6.92 Å². The maximum absolute atomic E-state index is 11.6. The number of nitrogens with one attached hydrogen (secondary N) is 2. The highest BCUT2D eigenvalue weighted by Crippen LogP contribution is 2.07. The van der Waals surface area contributed by atoms with Crippen molar-refractivity contribution in [2.45, 2.75) is 38.3 Å². The van der Waals surface area contributed by atoms with Crippen LogP contribution in [0.3, 0.4) is 0 Å². The summed E-state index contributed by atoms with van der Waals surface area (Å²) < 4.78 is 0. The summed E-state index contributed by atoms with van der Waals surface area (Å²) in [7, 11) is 2.01. The van der Waals surface area contributed by atoms with Crippen LogP contribution in [0, 0.1) is 0 Å². The smallest absolute Gasteiger partial charge is 0.326 e. The molecular weight excluding hydrogens is 222 g/mol. The third-order valence-corrected chi connectivity index (χ3v) is 2.97. The molecule has 3 N–H and O–H groups in total. The number of amides is 2. The Balaban J connectivity index is 2.35. The number of carbonyl (C=O) groups excluding carboxylic acids is 1. The topological polar surface area (TPSA) is 81.7 Å². The van der Waals surface area contributed by atoms with Gasteiger partial charge in [0.05, 0.1) is 0 Å². The van der Waals surface area contributed by atoms with Gasteiger partial charge in [0.25, 0.3) is 0 Å². The fraction of sp³-hybridized carbons (Fsp3) is 0.818. The third-order valence-electron chi connectivity index (χ3n) is 2.97. The average Bonchev–Trinajstić information content (AvgIpc) is 2.25. The van der Waals surface area contributed by atoms with Gasteiger partial charge < -0.3 is 20.6 Å². The Labute approximate surface area is 101 Å². The highest BCUT2D eigenvalue weighted by Gasteiger charge is 2.22. The number of rotatable bonds is 4. The zero-order valence-electron chi connectivity index (χ0n) is 10.4. The van der Waals surface area contributed by atoms with Crippen LogP contribution >= 0.6 is 0 Å². The quantitative estimate of drug-likeness (QED) is 0.661. The predicted molar refractivity (Wildman–Crippen MR) is 63.9 cm³/mol. The van der Waals surface area contributed by atoms with Gasteiger partial charge in [0, 0.05) is 12.6 Å². The van der Waals surface area contributed by atoms with E-state index < -0.39 is 12.0 Å².